The molecule has 5 rings (SSSR count). The molecule has 5 aromatic rings. The average molecular weight is 443 g/mol. The van der Waals surface area contributed by atoms with E-state index in [1.54, 1.807) is 43.5 Å². The van der Waals surface area contributed by atoms with Gasteiger partial charge in [0.1, 0.15) is 6.33 Å². The summed E-state index contributed by atoms with van der Waals surface area (Å²) < 4.78 is 14.0. The molecule has 0 saturated heterocycles. The fourth-order valence-corrected chi connectivity index (χ4v) is 3.47. The van der Waals surface area contributed by atoms with Gasteiger partial charge >= 0.3 is 0 Å². The summed E-state index contributed by atoms with van der Waals surface area (Å²) in [7, 11) is 3.18. The third-order valence-electron chi connectivity index (χ3n) is 5.07. The first-order valence-electron chi connectivity index (χ1n) is 10.2. The number of hydrogen-bond donors (Lipinski definition) is 0. The van der Waals surface area contributed by atoms with Gasteiger partial charge in [0.2, 0.25) is 0 Å². The zero-order valence-electron chi connectivity index (χ0n) is 18.1. The van der Waals surface area contributed by atoms with Crippen molar-refractivity contribution >= 4 is 22.9 Å². The van der Waals surface area contributed by atoms with Gasteiger partial charge in [0.25, 0.3) is 0 Å². The number of benzene rings is 2. The van der Waals surface area contributed by atoms with Crippen molar-refractivity contribution in [2.24, 2.45) is 5.16 Å². The van der Waals surface area contributed by atoms with Crippen LogP contribution in [-0.4, -0.2) is 49.8 Å². The molecule has 0 atom stereocenters. The molecule has 33 heavy (non-hydrogen) atoms. The van der Waals surface area contributed by atoms with Crippen LogP contribution in [0.2, 0.25) is 0 Å². The number of fused-ring (bicyclic) bond motifs is 3. The highest BCUT2D eigenvalue weighted by atomic mass is 16.6. The van der Waals surface area contributed by atoms with Gasteiger partial charge < -0.3 is 14.3 Å². The maximum absolute atomic E-state index is 5.40. The zero-order valence-corrected chi connectivity index (χ0v) is 18.1. The van der Waals surface area contributed by atoms with Gasteiger partial charge in [0.15, 0.2) is 35.2 Å². The molecule has 3 aromatic heterocycles. The SMILES string of the molecule is COc1ccc(/C=N\OCc2nc3c4cnn(Cc5ccccc5)c4ncn3n2)cc1OC. The predicted octanol–water partition coefficient (Wildman–Crippen LogP) is 3.09. The second-order valence-electron chi connectivity index (χ2n) is 7.19. The molecular formula is C23H21N7O3. The fraction of sp³-hybridized carbons (Fsp3) is 0.174. The van der Waals surface area contributed by atoms with Gasteiger partial charge in [-0.05, 0) is 23.8 Å². The van der Waals surface area contributed by atoms with Gasteiger partial charge in [-0.25, -0.2) is 19.2 Å². The summed E-state index contributed by atoms with van der Waals surface area (Å²) in [5.74, 6) is 1.76. The Morgan fingerprint density at radius 2 is 1.85 bits per heavy atom. The standard InChI is InChI=1S/C23H21N7O3/c1-31-19-9-8-17(10-20(19)32-2)11-26-33-14-21-27-23-18-12-25-29(13-16-6-4-3-5-7-16)22(18)24-15-30(23)28-21/h3-12,15H,13-14H2,1-2H3/b26-11-. The molecule has 10 heteroatoms. The van der Waals surface area contributed by atoms with E-state index in [1.165, 1.54) is 0 Å². The third kappa shape index (κ3) is 4.18. The molecule has 0 aliphatic rings. The quantitative estimate of drug-likeness (QED) is 0.268. The van der Waals surface area contributed by atoms with Crippen LogP contribution in [0, 0.1) is 0 Å². The number of nitrogens with zero attached hydrogens (tertiary/aromatic N) is 7. The normalized spacial score (nSPS) is 11.5. The molecule has 0 aliphatic heterocycles. The van der Waals surface area contributed by atoms with E-state index in [0.29, 0.717) is 29.5 Å². The maximum atomic E-state index is 5.40. The second-order valence-corrected chi connectivity index (χ2v) is 7.19. The fourth-order valence-electron chi connectivity index (χ4n) is 3.47. The monoisotopic (exact) mass is 443 g/mol. The number of methoxy groups -OCH3 is 2. The second kappa shape index (κ2) is 8.95. The Labute approximate surface area is 189 Å². The minimum atomic E-state index is 0.116. The van der Waals surface area contributed by atoms with Crippen LogP contribution in [0.3, 0.4) is 0 Å². The van der Waals surface area contributed by atoms with Crippen LogP contribution in [0.4, 0.5) is 0 Å². The van der Waals surface area contributed by atoms with Crippen molar-refractivity contribution in [2.75, 3.05) is 14.2 Å². The lowest BCUT2D eigenvalue weighted by molar-refractivity contribution is 0.126. The molecule has 0 N–H and O–H groups in total. The van der Waals surface area contributed by atoms with Crippen molar-refractivity contribution in [3.05, 3.63) is 78.0 Å². The van der Waals surface area contributed by atoms with Gasteiger partial charge in [-0.3, -0.25) is 0 Å². The Balaban J connectivity index is 1.30. The Bertz CT molecular complexity index is 1430. The van der Waals surface area contributed by atoms with Gasteiger partial charge in [0, 0.05) is 5.56 Å². The summed E-state index contributed by atoms with van der Waals surface area (Å²) in [5.41, 5.74) is 3.37. The predicted molar refractivity (Wildman–Crippen MR) is 122 cm³/mol. The highest BCUT2D eigenvalue weighted by Crippen LogP contribution is 2.26. The molecule has 0 amide bonds. The summed E-state index contributed by atoms with van der Waals surface area (Å²) in [6, 6.07) is 15.6. The minimum absolute atomic E-state index is 0.116. The number of hydrogen-bond acceptors (Lipinski definition) is 8. The van der Waals surface area contributed by atoms with E-state index in [-0.39, 0.29) is 6.61 Å². The van der Waals surface area contributed by atoms with Crippen LogP contribution in [-0.2, 0) is 18.0 Å². The lowest BCUT2D eigenvalue weighted by atomic mass is 10.2. The number of ether oxygens (including phenoxy) is 2. The van der Waals surface area contributed by atoms with Gasteiger partial charge in [-0.15, -0.1) is 5.10 Å². The van der Waals surface area contributed by atoms with Crippen molar-refractivity contribution in [1.29, 1.82) is 0 Å². The van der Waals surface area contributed by atoms with Crippen molar-refractivity contribution in [2.45, 2.75) is 13.2 Å². The van der Waals surface area contributed by atoms with Crippen LogP contribution in [0.25, 0.3) is 16.7 Å². The van der Waals surface area contributed by atoms with E-state index in [9.17, 15) is 0 Å². The van der Waals surface area contributed by atoms with Crippen LogP contribution < -0.4 is 9.47 Å². The molecule has 0 bridgehead atoms. The number of oxime groups is 1. The molecule has 2 aromatic carbocycles. The molecule has 0 spiro atoms. The highest BCUT2D eigenvalue weighted by molar-refractivity contribution is 5.88. The first kappa shape index (κ1) is 20.4. The van der Waals surface area contributed by atoms with Crippen molar-refractivity contribution in [3.63, 3.8) is 0 Å². The van der Waals surface area contributed by atoms with Gasteiger partial charge in [-0.2, -0.15) is 5.10 Å². The lowest BCUT2D eigenvalue weighted by Crippen LogP contribution is -2.03. The molecule has 0 saturated carbocycles. The van der Waals surface area contributed by atoms with Crippen molar-refractivity contribution in [3.8, 4) is 11.5 Å². The molecule has 0 aliphatic carbocycles. The molecule has 166 valence electrons. The van der Waals surface area contributed by atoms with E-state index >= 15 is 0 Å². The van der Waals surface area contributed by atoms with Crippen LogP contribution in [0.1, 0.15) is 17.0 Å². The summed E-state index contributed by atoms with van der Waals surface area (Å²) in [6.45, 7) is 0.744. The maximum Gasteiger partial charge on any atom is 0.192 e. The molecule has 0 unspecified atom stereocenters. The molecule has 0 fully saturated rings. The van der Waals surface area contributed by atoms with Gasteiger partial charge in [-0.1, -0.05) is 35.5 Å². The smallest absolute Gasteiger partial charge is 0.192 e. The van der Waals surface area contributed by atoms with Crippen molar-refractivity contribution < 1.29 is 14.3 Å². The number of rotatable bonds is 8. The molecule has 3 heterocycles. The Kier molecular flexibility index (Phi) is 5.54. The Hall–Kier alpha value is -4.47. The largest absolute Gasteiger partial charge is 0.493 e. The first-order chi connectivity index (χ1) is 16.2. The van der Waals surface area contributed by atoms with Crippen molar-refractivity contribution in [1.82, 2.24) is 29.4 Å². The minimum Gasteiger partial charge on any atom is -0.493 e. The topological polar surface area (TPSA) is 101 Å². The van der Waals surface area contributed by atoms with E-state index in [1.807, 2.05) is 35.0 Å². The van der Waals surface area contributed by atoms with E-state index in [0.717, 1.165) is 22.2 Å². The van der Waals surface area contributed by atoms with E-state index in [4.69, 9.17) is 14.3 Å². The van der Waals surface area contributed by atoms with E-state index in [2.05, 4.69) is 37.5 Å². The summed E-state index contributed by atoms with van der Waals surface area (Å²) >= 11 is 0. The third-order valence-corrected chi connectivity index (χ3v) is 5.07. The lowest BCUT2D eigenvalue weighted by Gasteiger charge is -2.07. The van der Waals surface area contributed by atoms with E-state index < -0.39 is 0 Å². The summed E-state index contributed by atoms with van der Waals surface area (Å²) in [6.07, 6.45) is 4.98. The molecule has 0 radical (unpaired) electrons. The van der Waals surface area contributed by atoms with Crippen LogP contribution >= 0.6 is 0 Å². The molecule has 10 nitrogen and oxygen atoms in total. The average Bonchev–Trinajstić information content (AvgIpc) is 3.46. The highest BCUT2D eigenvalue weighted by Gasteiger charge is 2.13. The molecular weight excluding hydrogens is 422 g/mol. The first-order valence-corrected chi connectivity index (χ1v) is 10.2. The number of aromatic nitrogens is 6. The van der Waals surface area contributed by atoms with Crippen LogP contribution in [0.5, 0.6) is 11.5 Å². The van der Waals surface area contributed by atoms with Gasteiger partial charge in [0.05, 0.1) is 38.6 Å². The van der Waals surface area contributed by atoms with Crippen LogP contribution in [0.15, 0.2) is 66.2 Å². The summed E-state index contributed by atoms with van der Waals surface area (Å²) in [5, 5.41) is 13.7. The Morgan fingerprint density at radius 3 is 2.67 bits per heavy atom. The Morgan fingerprint density at radius 1 is 1.00 bits per heavy atom. The summed E-state index contributed by atoms with van der Waals surface area (Å²) in [4.78, 5) is 14.5. The zero-order chi connectivity index (χ0) is 22.6.